The molecule has 1 amide bonds. The molecular formula is C17H13ClN4O. The number of hydrogen-bond acceptors (Lipinski definition) is 3. The van der Waals surface area contributed by atoms with Crippen LogP contribution in [0.15, 0.2) is 55.1 Å². The van der Waals surface area contributed by atoms with Gasteiger partial charge in [-0.2, -0.15) is 0 Å². The van der Waals surface area contributed by atoms with E-state index in [9.17, 15) is 4.79 Å². The van der Waals surface area contributed by atoms with Gasteiger partial charge in [0.15, 0.2) is 0 Å². The number of carbonyl (C=O) groups excluding carboxylic acids is 1. The number of halogens is 1. The Labute approximate surface area is 138 Å². The third-order valence-electron chi connectivity index (χ3n) is 3.95. The van der Waals surface area contributed by atoms with Gasteiger partial charge >= 0.3 is 0 Å². The molecule has 6 heteroatoms. The molecule has 1 aliphatic rings. The van der Waals surface area contributed by atoms with E-state index in [-0.39, 0.29) is 11.8 Å². The fourth-order valence-corrected chi connectivity index (χ4v) is 3.10. The van der Waals surface area contributed by atoms with Gasteiger partial charge in [-0.15, -0.1) is 0 Å². The first-order valence-electron chi connectivity index (χ1n) is 7.25. The quantitative estimate of drug-likeness (QED) is 0.786. The summed E-state index contributed by atoms with van der Waals surface area (Å²) >= 11 is 6.09. The lowest BCUT2D eigenvalue weighted by Gasteiger charge is -2.23. The molecule has 0 saturated heterocycles. The zero-order chi connectivity index (χ0) is 15.8. The number of nitrogens with zero attached hydrogens (tertiary/aromatic N) is 3. The van der Waals surface area contributed by atoms with E-state index in [4.69, 9.17) is 11.6 Å². The number of hydrogen-bond donors (Lipinski definition) is 1. The third kappa shape index (κ3) is 2.49. The Balaban J connectivity index is 1.83. The molecule has 3 aromatic rings. The number of benzene rings is 1. The molecule has 1 aliphatic heterocycles. The lowest BCUT2D eigenvalue weighted by molar-refractivity contribution is -0.116. The Bertz CT molecular complexity index is 875. The summed E-state index contributed by atoms with van der Waals surface area (Å²) in [7, 11) is 0. The zero-order valence-corrected chi connectivity index (χ0v) is 12.9. The third-order valence-corrected chi connectivity index (χ3v) is 4.18. The molecule has 1 unspecified atom stereocenters. The van der Waals surface area contributed by atoms with Gasteiger partial charge in [0.1, 0.15) is 12.1 Å². The Morgan fingerprint density at radius 2 is 2.17 bits per heavy atom. The van der Waals surface area contributed by atoms with Crippen molar-refractivity contribution in [1.29, 1.82) is 0 Å². The molecule has 5 nitrogen and oxygen atoms in total. The van der Waals surface area contributed by atoms with Crippen LogP contribution in [-0.4, -0.2) is 20.4 Å². The first-order valence-corrected chi connectivity index (χ1v) is 7.63. The topological polar surface area (TPSA) is 59.8 Å². The van der Waals surface area contributed by atoms with Gasteiger partial charge in [0.2, 0.25) is 5.91 Å². The Morgan fingerprint density at radius 3 is 2.96 bits per heavy atom. The van der Waals surface area contributed by atoms with Crippen molar-refractivity contribution in [1.82, 2.24) is 14.5 Å². The van der Waals surface area contributed by atoms with E-state index >= 15 is 0 Å². The molecule has 0 fully saturated rings. The second-order valence-electron chi connectivity index (χ2n) is 5.42. The largest absolute Gasteiger partial charge is 0.310 e. The average Bonchev–Trinajstić information content (AvgIpc) is 2.98. The van der Waals surface area contributed by atoms with E-state index in [1.54, 1.807) is 18.7 Å². The summed E-state index contributed by atoms with van der Waals surface area (Å²) in [6.07, 6.45) is 5.51. The molecule has 0 radical (unpaired) electrons. The van der Waals surface area contributed by atoms with Crippen molar-refractivity contribution in [2.24, 2.45) is 0 Å². The lowest BCUT2D eigenvalue weighted by Crippen LogP contribution is -2.24. The summed E-state index contributed by atoms with van der Waals surface area (Å²) in [4.78, 5) is 20.8. The van der Waals surface area contributed by atoms with E-state index < -0.39 is 0 Å². The van der Waals surface area contributed by atoms with Crippen molar-refractivity contribution in [2.45, 2.75) is 12.3 Å². The smallest absolute Gasteiger partial charge is 0.226 e. The highest BCUT2D eigenvalue weighted by molar-refractivity contribution is 6.30. The first-order chi connectivity index (χ1) is 11.2. The van der Waals surface area contributed by atoms with Gasteiger partial charge in [-0.05, 0) is 29.8 Å². The summed E-state index contributed by atoms with van der Waals surface area (Å²) in [5, 5.41) is 3.58. The van der Waals surface area contributed by atoms with E-state index in [0.29, 0.717) is 17.3 Å². The fraction of sp³-hybridized carbons (Fsp3) is 0.118. The van der Waals surface area contributed by atoms with Crippen molar-refractivity contribution >= 4 is 23.3 Å². The number of imidazole rings is 1. The number of fused-ring (bicyclic) bond motifs is 1. The van der Waals surface area contributed by atoms with Crippen molar-refractivity contribution < 1.29 is 4.79 Å². The van der Waals surface area contributed by atoms with Crippen LogP contribution in [0.1, 0.15) is 23.6 Å². The molecule has 0 aliphatic carbocycles. The number of anilines is 1. The molecule has 3 heterocycles. The molecular weight excluding hydrogens is 312 g/mol. The van der Waals surface area contributed by atoms with Gasteiger partial charge in [0.25, 0.3) is 0 Å². The molecule has 2 aromatic heterocycles. The zero-order valence-electron chi connectivity index (χ0n) is 12.1. The van der Waals surface area contributed by atoms with Crippen LogP contribution < -0.4 is 5.32 Å². The average molecular weight is 325 g/mol. The monoisotopic (exact) mass is 324 g/mol. The highest BCUT2D eigenvalue weighted by Crippen LogP contribution is 2.37. The van der Waals surface area contributed by atoms with Gasteiger partial charge in [0, 0.05) is 23.6 Å². The number of carbonyl (C=O) groups is 1. The van der Waals surface area contributed by atoms with Gasteiger partial charge < -0.3 is 5.32 Å². The van der Waals surface area contributed by atoms with E-state index in [1.807, 2.05) is 41.0 Å². The minimum atomic E-state index is -0.102. The van der Waals surface area contributed by atoms with Crippen LogP contribution in [0.2, 0.25) is 5.02 Å². The normalized spacial score (nSPS) is 16.7. The van der Waals surface area contributed by atoms with Crippen LogP contribution in [0, 0.1) is 0 Å². The van der Waals surface area contributed by atoms with E-state index in [2.05, 4.69) is 15.3 Å². The number of pyridine rings is 1. The molecule has 0 saturated carbocycles. The van der Waals surface area contributed by atoms with E-state index in [1.165, 1.54) is 0 Å². The van der Waals surface area contributed by atoms with Gasteiger partial charge in [-0.1, -0.05) is 23.7 Å². The van der Waals surface area contributed by atoms with Gasteiger partial charge in [0.05, 0.1) is 17.6 Å². The number of nitrogens with one attached hydrogen (secondary N) is 1. The predicted molar refractivity (Wildman–Crippen MR) is 87.9 cm³/mol. The Hall–Kier alpha value is -2.66. The molecule has 114 valence electrons. The maximum atomic E-state index is 12.2. The number of aromatic nitrogens is 3. The molecule has 0 spiro atoms. The van der Waals surface area contributed by atoms with Crippen LogP contribution in [0.5, 0.6) is 0 Å². The molecule has 0 bridgehead atoms. The maximum absolute atomic E-state index is 12.2. The standard InChI is InChI=1S/C17H13ClN4O/c18-12-4-1-3-11(7-12)14-8-15(23)21-17-16(14)20-10-22(17)13-5-2-6-19-9-13/h1-7,9-10,14H,8H2,(H,21,23). The number of rotatable bonds is 2. The molecule has 1 N–H and O–H groups in total. The van der Waals surface area contributed by atoms with Crippen LogP contribution in [0.4, 0.5) is 5.82 Å². The molecule has 1 atom stereocenters. The number of amides is 1. The predicted octanol–water partition coefficient (Wildman–Crippen LogP) is 3.39. The maximum Gasteiger partial charge on any atom is 0.226 e. The second kappa shape index (κ2) is 5.52. The van der Waals surface area contributed by atoms with Crippen molar-refractivity contribution in [3.63, 3.8) is 0 Å². The fourth-order valence-electron chi connectivity index (χ4n) is 2.90. The summed E-state index contributed by atoms with van der Waals surface area (Å²) in [6, 6.07) is 11.3. The van der Waals surface area contributed by atoms with Crippen molar-refractivity contribution in [3.05, 3.63) is 71.4 Å². The minimum Gasteiger partial charge on any atom is -0.310 e. The summed E-state index contributed by atoms with van der Waals surface area (Å²) in [6.45, 7) is 0. The summed E-state index contributed by atoms with van der Waals surface area (Å²) < 4.78 is 1.84. The van der Waals surface area contributed by atoms with Crippen molar-refractivity contribution in [3.8, 4) is 5.69 Å². The second-order valence-corrected chi connectivity index (χ2v) is 5.86. The molecule has 4 rings (SSSR count). The Morgan fingerprint density at radius 1 is 1.26 bits per heavy atom. The molecule has 1 aromatic carbocycles. The van der Waals surface area contributed by atoms with E-state index in [0.717, 1.165) is 16.9 Å². The first kappa shape index (κ1) is 14.0. The summed E-state index contributed by atoms with van der Waals surface area (Å²) in [5.41, 5.74) is 2.69. The highest BCUT2D eigenvalue weighted by atomic mass is 35.5. The van der Waals surface area contributed by atoms with Crippen molar-refractivity contribution in [2.75, 3.05) is 5.32 Å². The highest BCUT2D eigenvalue weighted by Gasteiger charge is 2.31. The Kier molecular flexibility index (Phi) is 3.35. The molecule has 23 heavy (non-hydrogen) atoms. The minimum absolute atomic E-state index is 0.0342. The van der Waals surface area contributed by atoms with Crippen LogP contribution in [0.3, 0.4) is 0 Å². The lowest BCUT2D eigenvalue weighted by atomic mass is 9.90. The van der Waals surface area contributed by atoms with Crippen LogP contribution >= 0.6 is 11.6 Å². The SMILES string of the molecule is O=C1CC(c2cccc(Cl)c2)c2ncn(-c3cccnc3)c2N1. The van der Waals surface area contributed by atoms with Crippen LogP contribution in [0.25, 0.3) is 5.69 Å². The van der Waals surface area contributed by atoms with Gasteiger partial charge in [-0.3, -0.25) is 14.3 Å². The van der Waals surface area contributed by atoms with Gasteiger partial charge in [-0.25, -0.2) is 4.98 Å². The van der Waals surface area contributed by atoms with Crippen LogP contribution in [-0.2, 0) is 4.79 Å². The summed E-state index contributed by atoms with van der Waals surface area (Å²) in [5.74, 6) is 0.558.